The van der Waals surface area contributed by atoms with Crippen LogP contribution in [0.4, 0.5) is 10.1 Å². The second-order valence-electron chi connectivity index (χ2n) is 3.53. The Morgan fingerprint density at radius 3 is 2.81 bits per heavy atom. The molecule has 0 atom stereocenters. The first kappa shape index (κ1) is 10.6. The third kappa shape index (κ3) is 2.36. The van der Waals surface area contributed by atoms with E-state index in [1.165, 1.54) is 12.1 Å². The third-order valence-corrected chi connectivity index (χ3v) is 2.20. The van der Waals surface area contributed by atoms with Crippen LogP contribution in [0.3, 0.4) is 0 Å². The molecule has 0 amide bonds. The minimum Gasteiger partial charge on any atom is -0.424 e. The molecule has 84 valence electrons. The molecule has 1 aromatic carbocycles. The Bertz CT molecular complexity index is 496. The van der Waals surface area contributed by atoms with E-state index >= 15 is 0 Å². The molecule has 0 bridgehead atoms. The molecule has 2 aromatic rings. The van der Waals surface area contributed by atoms with E-state index in [1.54, 1.807) is 13.0 Å². The highest BCUT2D eigenvalue weighted by molar-refractivity contribution is 5.50. The molecule has 0 aliphatic carbocycles. The second-order valence-corrected chi connectivity index (χ2v) is 3.53. The van der Waals surface area contributed by atoms with Gasteiger partial charge in [-0.2, -0.15) is 0 Å². The normalized spacial score (nSPS) is 10.4. The van der Waals surface area contributed by atoms with Crippen LogP contribution in [-0.2, 0) is 6.54 Å². The van der Waals surface area contributed by atoms with Gasteiger partial charge in [-0.1, -0.05) is 6.07 Å². The van der Waals surface area contributed by atoms with Crippen LogP contribution in [0.15, 0.2) is 22.6 Å². The minimum absolute atomic E-state index is 0.269. The predicted molar refractivity (Wildman–Crippen MR) is 57.5 cm³/mol. The van der Waals surface area contributed by atoms with Crippen LogP contribution in [-0.4, -0.2) is 10.2 Å². The zero-order valence-corrected chi connectivity index (χ0v) is 9.12. The summed E-state index contributed by atoms with van der Waals surface area (Å²) in [6.45, 7) is 4.02. The Hall–Kier alpha value is -1.91. The lowest BCUT2D eigenvalue weighted by Crippen LogP contribution is -2.01. The molecule has 0 fully saturated rings. The molecule has 0 radical (unpaired) electrons. The van der Waals surface area contributed by atoms with Crippen LogP contribution in [0.2, 0.25) is 0 Å². The summed E-state index contributed by atoms with van der Waals surface area (Å²) in [5, 5.41) is 10.6. The summed E-state index contributed by atoms with van der Waals surface area (Å²) >= 11 is 0. The number of aromatic nitrogens is 2. The van der Waals surface area contributed by atoms with Gasteiger partial charge >= 0.3 is 0 Å². The Kier molecular flexibility index (Phi) is 2.85. The van der Waals surface area contributed by atoms with Gasteiger partial charge in [-0.3, -0.25) is 0 Å². The quantitative estimate of drug-likeness (QED) is 0.864. The zero-order valence-electron chi connectivity index (χ0n) is 9.12. The van der Waals surface area contributed by atoms with Gasteiger partial charge in [-0.15, -0.1) is 10.2 Å². The summed E-state index contributed by atoms with van der Waals surface area (Å²) in [6.07, 6.45) is 0. The summed E-state index contributed by atoms with van der Waals surface area (Å²) in [5.74, 6) is 0.740. The molecule has 0 aliphatic heterocycles. The highest BCUT2D eigenvalue weighted by Gasteiger charge is 2.04. The predicted octanol–water partition coefficient (Wildman–Crippen LogP) is 2.44. The number of benzene rings is 1. The fourth-order valence-electron chi connectivity index (χ4n) is 1.36. The average molecular weight is 221 g/mol. The third-order valence-electron chi connectivity index (χ3n) is 2.20. The highest BCUT2D eigenvalue weighted by Crippen LogP contribution is 2.16. The van der Waals surface area contributed by atoms with Crippen molar-refractivity contribution in [3.63, 3.8) is 0 Å². The molecule has 2 rings (SSSR count). The molecule has 5 heteroatoms. The van der Waals surface area contributed by atoms with Crippen molar-refractivity contribution in [1.82, 2.24) is 10.2 Å². The van der Waals surface area contributed by atoms with E-state index in [1.807, 2.05) is 6.92 Å². The first-order valence-electron chi connectivity index (χ1n) is 4.94. The van der Waals surface area contributed by atoms with Crippen molar-refractivity contribution in [3.8, 4) is 0 Å². The summed E-state index contributed by atoms with van der Waals surface area (Å²) < 4.78 is 18.2. The highest BCUT2D eigenvalue weighted by atomic mass is 19.1. The van der Waals surface area contributed by atoms with E-state index in [0.717, 1.165) is 11.3 Å². The Morgan fingerprint density at radius 1 is 1.31 bits per heavy atom. The van der Waals surface area contributed by atoms with Gasteiger partial charge in [-0.25, -0.2) is 4.39 Å². The van der Waals surface area contributed by atoms with Gasteiger partial charge in [0.2, 0.25) is 11.8 Å². The molecule has 1 heterocycles. The van der Waals surface area contributed by atoms with Crippen LogP contribution < -0.4 is 5.32 Å². The monoisotopic (exact) mass is 221 g/mol. The van der Waals surface area contributed by atoms with Gasteiger partial charge < -0.3 is 9.73 Å². The summed E-state index contributed by atoms with van der Waals surface area (Å²) in [7, 11) is 0. The lowest BCUT2D eigenvalue weighted by atomic mass is 10.2. The first-order valence-corrected chi connectivity index (χ1v) is 4.94. The van der Waals surface area contributed by atoms with Crippen molar-refractivity contribution in [2.45, 2.75) is 20.4 Å². The van der Waals surface area contributed by atoms with E-state index in [0.29, 0.717) is 18.3 Å². The molecule has 1 N–H and O–H groups in total. The van der Waals surface area contributed by atoms with Gasteiger partial charge in [0.15, 0.2) is 0 Å². The molecule has 16 heavy (non-hydrogen) atoms. The number of rotatable bonds is 3. The van der Waals surface area contributed by atoms with Crippen molar-refractivity contribution >= 4 is 5.69 Å². The molecule has 0 unspecified atom stereocenters. The van der Waals surface area contributed by atoms with E-state index < -0.39 is 0 Å². The molecular weight excluding hydrogens is 209 g/mol. The van der Waals surface area contributed by atoms with Crippen molar-refractivity contribution in [1.29, 1.82) is 0 Å². The van der Waals surface area contributed by atoms with Crippen molar-refractivity contribution in [3.05, 3.63) is 41.4 Å². The maximum absolute atomic E-state index is 13.0. The van der Waals surface area contributed by atoms with Crippen molar-refractivity contribution in [2.24, 2.45) is 0 Å². The van der Waals surface area contributed by atoms with Crippen LogP contribution in [0.1, 0.15) is 17.3 Å². The minimum atomic E-state index is -0.269. The SMILES string of the molecule is Cc1nnc(CNc2cc(F)ccc2C)o1. The molecule has 0 spiro atoms. The van der Waals surface area contributed by atoms with Gasteiger partial charge in [-0.05, 0) is 24.6 Å². The zero-order chi connectivity index (χ0) is 11.5. The first-order chi connectivity index (χ1) is 7.65. The standard InChI is InChI=1S/C11H12FN3O/c1-7-3-4-9(12)5-10(7)13-6-11-15-14-8(2)16-11/h3-5,13H,6H2,1-2H3. The summed E-state index contributed by atoms with van der Waals surface area (Å²) in [5.41, 5.74) is 1.70. The average Bonchev–Trinajstić information content (AvgIpc) is 2.66. The van der Waals surface area contributed by atoms with E-state index in [-0.39, 0.29) is 5.82 Å². The Morgan fingerprint density at radius 2 is 2.12 bits per heavy atom. The van der Waals surface area contributed by atoms with Crippen LogP contribution >= 0.6 is 0 Å². The van der Waals surface area contributed by atoms with E-state index in [9.17, 15) is 4.39 Å². The molecule has 0 saturated heterocycles. The van der Waals surface area contributed by atoms with Crippen LogP contribution in [0.5, 0.6) is 0 Å². The number of nitrogens with zero attached hydrogens (tertiary/aromatic N) is 2. The Balaban J connectivity index is 2.07. The Labute approximate surface area is 92.5 Å². The second kappa shape index (κ2) is 4.30. The van der Waals surface area contributed by atoms with Gasteiger partial charge in [0, 0.05) is 12.6 Å². The van der Waals surface area contributed by atoms with Crippen LogP contribution in [0, 0.1) is 19.7 Å². The van der Waals surface area contributed by atoms with Crippen molar-refractivity contribution < 1.29 is 8.81 Å². The molecule has 4 nitrogen and oxygen atoms in total. The molecule has 1 aromatic heterocycles. The number of halogens is 1. The molecule has 0 saturated carbocycles. The lowest BCUT2D eigenvalue weighted by Gasteiger charge is -2.06. The van der Waals surface area contributed by atoms with Crippen LogP contribution in [0.25, 0.3) is 0 Å². The van der Waals surface area contributed by atoms with Gasteiger partial charge in [0.1, 0.15) is 5.82 Å². The topological polar surface area (TPSA) is 51.0 Å². The van der Waals surface area contributed by atoms with Gasteiger partial charge in [0.05, 0.1) is 6.54 Å². The summed E-state index contributed by atoms with van der Waals surface area (Å²) in [4.78, 5) is 0. The number of aryl methyl sites for hydroxylation is 2. The number of hydrogen-bond donors (Lipinski definition) is 1. The maximum atomic E-state index is 13.0. The fraction of sp³-hybridized carbons (Fsp3) is 0.273. The largest absolute Gasteiger partial charge is 0.424 e. The van der Waals surface area contributed by atoms with E-state index in [4.69, 9.17) is 4.42 Å². The smallest absolute Gasteiger partial charge is 0.235 e. The number of hydrogen-bond acceptors (Lipinski definition) is 4. The molecular formula is C11H12FN3O. The fourth-order valence-corrected chi connectivity index (χ4v) is 1.36. The maximum Gasteiger partial charge on any atom is 0.235 e. The number of anilines is 1. The lowest BCUT2D eigenvalue weighted by molar-refractivity contribution is 0.474. The summed E-state index contributed by atoms with van der Waals surface area (Å²) in [6, 6.07) is 4.59. The van der Waals surface area contributed by atoms with E-state index in [2.05, 4.69) is 15.5 Å². The van der Waals surface area contributed by atoms with Crippen molar-refractivity contribution in [2.75, 3.05) is 5.32 Å². The molecule has 0 aliphatic rings. The van der Waals surface area contributed by atoms with Gasteiger partial charge in [0.25, 0.3) is 0 Å². The number of nitrogens with one attached hydrogen (secondary N) is 1.